The smallest absolute Gasteiger partial charge is 0.416 e. The molecule has 0 aromatic heterocycles. The first-order chi connectivity index (χ1) is 22.2. The fourth-order valence-electron chi connectivity index (χ4n) is 5.01. The van der Waals surface area contributed by atoms with Gasteiger partial charge in [-0.25, -0.2) is 15.0 Å². The van der Waals surface area contributed by atoms with Crippen molar-refractivity contribution in [1.82, 2.24) is 5.43 Å². The Morgan fingerprint density at radius 2 is 1.76 bits per heavy atom. The molecule has 0 spiro atoms. The van der Waals surface area contributed by atoms with Crippen LogP contribution in [0.25, 0.3) is 0 Å². The Labute approximate surface area is 267 Å². The summed E-state index contributed by atoms with van der Waals surface area (Å²) in [6.07, 6.45) is -2.96. The van der Waals surface area contributed by atoms with Crippen LogP contribution in [-0.2, 0) is 22.1 Å². The molecule has 0 saturated heterocycles. The summed E-state index contributed by atoms with van der Waals surface area (Å²) in [5, 5.41) is 6.70. The van der Waals surface area contributed by atoms with Gasteiger partial charge in [0.1, 0.15) is 12.3 Å². The van der Waals surface area contributed by atoms with Crippen LogP contribution >= 0.6 is 11.8 Å². The number of methoxy groups -OCH3 is 1. The molecule has 1 heterocycles. The minimum Gasteiger partial charge on any atom is -0.465 e. The number of rotatable bonds is 10. The molecule has 2 amide bonds. The van der Waals surface area contributed by atoms with E-state index in [0.29, 0.717) is 11.3 Å². The Morgan fingerprint density at radius 1 is 1.00 bits per heavy atom. The third-order valence-electron chi connectivity index (χ3n) is 7.29. The van der Waals surface area contributed by atoms with Gasteiger partial charge in [0.15, 0.2) is 0 Å². The maximum absolute atomic E-state index is 13.1. The molecule has 0 fully saturated rings. The lowest BCUT2D eigenvalue weighted by atomic mass is 10.1. The van der Waals surface area contributed by atoms with E-state index in [1.165, 1.54) is 19.2 Å². The molecule has 236 valence electrons. The highest BCUT2D eigenvalue weighted by molar-refractivity contribution is 7.99. The molecule has 1 atom stereocenters. The minimum atomic E-state index is -4.55. The zero-order valence-corrected chi connectivity index (χ0v) is 25.4. The summed E-state index contributed by atoms with van der Waals surface area (Å²) in [5.74, 6) is 0.350. The normalized spacial score (nSPS) is 14.0. The third-order valence-corrected chi connectivity index (χ3v) is 8.28. The number of benzene rings is 4. The Morgan fingerprint density at radius 3 is 2.46 bits per heavy atom. The number of ether oxygens (including phenoxy) is 1. The summed E-state index contributed by atoms with van der Waals surface area (Å²) >= 11 is 1.61. The van der Waals surface area contributed by atoms with E-state index in [4.69, 9.17) is 4.74 Å². The molecule has 1 aliphatic heterocycles. The van der Waals surface area contributed by atoms with Crippen molar-refractivity contribution in [2.24, 2.45) is 5.10 Å². The molecule has 8 nitrogen and oxygen atoms in total. The van der Waals surface area contributed by atoms with Crippen molar-refractivity contribution in [3.05, 3.63) is 125 Å². The molecule has 2 N–H and O–H groups in total. The zero-order valence-electron chi connectivity index (χ0n) is 24.6. The van der Waals surface area contributed by atoms with Crippen LogP contribution in [0.2, 0.25) is 0 Å². The van der Waals surface area contributed by atoms with Crippen LogP contribution in [0.4, 0.5) is 29.3 Å². The monoisotopic (exact) mass is 646 g/mol. The Kier molecular flexibility index (Phi) is 10.1. The molecule has 4 aromatic rings. The van der Waals surface area contributed by atoms with E-state index in [-0.39, 0.29) is 12.2 Å². The molecule has 1 unspecified atom stereocenters. The lowest BCUT2D eigenvalue weighted by Gasteiger charge is -2.26. The first-order valence-corrected chi connectivity index (χ1v) is 15.2. The highest BCUT2D eigenvalue weighted by Crippen LogP contribution is 2.37. The number of alkyl halides is 3. The van der Waals surface area contributed by atoms with Gasteiger partial charge in [-0.05, 0) is 66.1 Å². The quantitative estimate of drug-likeness (QED) is 0.0825. The Bertz CT molecular complexity index is 1750. The van der Waals surface area contributed by atoms with Crippen LogP contribution in [0.1, 0.15) is 38.7 Å². The highest BCUT2D eigenvalue weighted by atomic mass is 32.2. The average Bonchev–Trinajstić information content (AvgIpc) is 3.41. The van der Waals surface area contributed by atoms with Gasteiger partial charge in [-0.15, -0.1) is 11.8 Å². The summed E-state index contributed by atoms with van der Waals surface area (Å²) < 4.78 is 44.1. The van der Waals surface area contributed by atoms with Gasteiger partial charge in [-0.3, -0.25) is 0 Å². The van der Waals surface area contributed by atoms with Gasteiger partial charge < -0.3 is 19.7 Å². The number of urea groups is 1. The molecule has 0 aliphatic carbocycles. The van der Waals surface area contributed by atoms with Gasteiger partial charge >= 0.3 is 18.2 Å². The third kappa shape index (κ3) is 7.75. The fourth-order valence-corrected chi connectivity index (χ4v) is 5.95. The molecule has 12 heteroatoms. The predicted molar refractivity (Wildman–Crippen MR) is 171 cm³/mol. The van der Waals surface area contributed by atoms with Gasteiger partial charge in [0.2, 0.25) is 0 Å². The second-order valence-corrected chi connectivity index (χ2v) is 11.5. The van der Waals surface area contributed by atoms with Crippen molar-refractivity contribution in [3.8, 4) is 0 Å². The first kappa shape index (κ1) is 32.3. The highest BCUT2D eigenvalue weighted by Gasteiger charge is 2.32. The summed E-state index contributed by atoms with van der Waals surface area (Å²) in [5.41, 5.74) is 5.75. The van der Waals surface area contributed by atoms with Crippen LogP contribution < -0.4 is 15.6 Å². The standard InChI is InChI=1S/C34H29F3N4O4S/c1-45-32(43)24-12-10-22(11-13-24)16-17-46-27-14-15-30-28(19-27)29(20-41(30)31(21-42)23-6-3-2-4-7-23)39-40-33(44)38-26-9-5-8-25(18-26)34(35,36)37/h2-15,18-19,21,31H,16-17,20H2,1H3,(H2,38,40,44). The van der Waals surface area contributed by atoms with E-state index in [1.807, 2.05) is 65.6 Å². The number of carbonyl (C=O) groups is 3. The van der Waals surface area contributed by atoms with Crippen LogP contribution in [0.3, 0.4) is 0 Å². The van der Waals surface area contributed by atoms with Crippen LogP contribution in [0, 0.1) is 0 Å². The number of anilines is 2. The van der Waals surface area contributed by atoms with Crippen LogP contribution in [-0.4, -0.2) is 43.4 Å². The number of esters is 1. The molecule has 4 aromatic carbocycles. The average molecular weight is 647 g/mol. The molecule has 0 bridgehead atoms. The molecule has 0 saturated carbocycles. The van der Waals surface area contributed by atoms with E-state index in [1.54, 1.807) is 23.9 Å². The minimum absolute atomic E-state index is 0.0373. The number of halogens is 3. The van der Waals surface area contributed by atoms with Crippen molar-refractivity contribution in [2.45, 2.75) is 23.5 Å². The molecular weight excluding hydrogens is 617 g/mol. The number of thioether (sulfide) groups is 1. The number of aldehydes is 1. The Balaban J connectivity index is 1.34. The lowest BCUT2D eigenvalue weighted by Crippen LogP contribution is -2.31. The number of nitrogens with one attached hydrogen (secondary N) is 2. The maximum Gasteiger partial charge on any atom is 0.416 e. The van der Waals surface area contributed by atoms with Gasteiger partial charge in [0, 0.05) is 27.6 Å². The van der Waals surface area contributed by atoms with Gasteiger partial charge in [-0.2, -0.15) is 18.3 Å². The molecular formula is C34H29F3N4O4S. The Hall–Kier alpha value is -5.10. The molecule has 5 rings (SSSR count). The van der Waals surface area contributed by atoms with Crippen molar-refractivity contribution in [3.63, 3.8) is 0 Å². The number of fused-ring (bicyclic) bond motifs is 1. The number of hydrogen-bond acceptors (Lipinski definition) is 7. The van der Waals surface area contributed by atoms with E-state index in [2.05, 4.69) is 15.8 Å². The number of aryl methyl sites for hydroxylation is 1. The van der Waals surface area contributed by atoms with Crippen molar-refractivity contribution < 1.29 is 32.3 Å². The van der Waals surface area contributed by atoms with Crippen molar-refractivity contribution in [1.29, 1.82) is 0 Å². The van der Waals surface area contributed by atoms with Crippen molar-refractivity contribution >= 4 is 47.1 Å². The summed E-state index contributed by atoms with van der Waals surface area (Å²) in [7, 11) is 1.34. The van der Waals surface area contributed by atoms with Gasteiger partial charge in [0.05, 0.1) is 30.5 Å². The molecule has 1 aliphatic rings. The predicted octanol–water partition coefficient (Wildman–Crippen LogP) is 7.11. The number of carbonyl (C=O) groups excluding carboxylic acids is 3. The van der Waals surface area contributed by atoms with E-state index in [0.717, 1.165) is 57.9 Å². The number of hydrazone groups is 1. The summed E-state index contributed by atoms with van der Waals surface area (Å²) in [6.45, 7) is 0.206. The maximum atomic E-state index is 13.1. The summed E-state index contributed by atoms with van der Waals surface area (Å²) in [6, 6.07) is 25.2. The van der Waals surface area contributed by atoms with Gasteiger partial charge in [-0.1, -0.05) is 48.5 Å². The molecule has 0 radical (unpaired) electrons. The van der Waals surface area contributed by atoms with Gasteiger partial charge in [0.25, 0.3) is 0 Å². The number of amides is 2. The van der Waals surface area contributed by atoms with Crippen LogP contribution in [0.5, 0.6) is 0 Å². The number of hydrogen-bond donors (Lipinski definition) is 2. The van der Waals surface area contributed by atoms with E-state index in [9.17, 15) is 27.6 Å². The van der Waals surface area contributed by atoms with E-state index < -0.39 is 29.8 Å². The summed E-state index contributed by atoms with van der Waals surface area (Å²) in [4.78, 5) is 39.5. The van der Waals surface area contributed by atoms with Crippen LogP contribution in [0.15, 0.2) is 107 Å². The number of nitrogens with zero attached hydrogens (tertiary/aromatic N) is 2. The van der Waals surface area contributed by atoms with Crippen molar-refractivity contribution in [2.75, 3.05) is 29.6 Å². The second-order valence-electron chi connectivity index (χ2n) is 10.3. The van der Waals surface area contributed by atoms with E-state index >= 15 is 0 Å². The fraction of sp³-hybridized carbons (Fsp3) is 0.176. The largest absolute Gasteiger partial charge is 0.465 e. The lowest BCUT2D eigenvalue weighted by molar-refractivity contribution is -0.137. The SMILES string of the molecule is COC(=O)c1ccc(CCSc2ccc3c(c2)C(=NNC(=O)Nc2cccc(C(F)(F)F)c2)CN3C(C=O)c2ccccc2)cc1. The first-order valence-electron chi connectivity index (χ1n) is 14.2. The second kappa shape index (κ2) is 14.3. The zero-order chi connectivity index (χ0) is 32.7. The topological polar surface area (TPSA) is 100 Å². The molecule has 46 heavy (non-hydrogen) atoms.